The predicted molar refractivity (Wildman–Crippen MR) is 78.3 cm³/mol. The zero-order valence-corrected chi connectivity index (χ0v) is 13.0. The summed E-state index contributed by atoms with van der Waals surface area (Å²) in [7, 11) is 0. The second-order valence-corrected chi connectivity index (χ2v) is 6.40. The van der Waals surface area contributed by atoms with Gasteiger partial charge in [0.2, 0.25) is 11.8 Å². The number of hydrogen-bond acceptors (Lipinski definition) is 4. The van der Waals surface area contributed by atoms with Crippen LogP contribution in [-0.2, 0) is 16.1 Å². The minimum atomic E-state index is -0.371. The molecule has 0 bridgehead atoms. The number of rotatable bonds is 5. The second kappa shape index (κ2) is 6.35. The largest absolute Gasteiger partial charge is 0.343 e. The molecule has 1 aliphatic rings. The smallest absolute Gasteiger partial charge is 0.246 e. The summed E-state index contributed by atoms with van der Waals surface area (Å²) in [6, 6.07) is -0.734. The second-order valence-electron chi connectivity index (χ2n) is 5.09. The highest BCUT2D eigenvalue weighted by Gasteiger charge is 2.39. The summed E-state index contributed by atoms with van der Waals surface area (Å²) < 4.78 is 0. The van der Waals surface area contributed by atoms with Crippen LogP contribution in [0.4, 0.5) is 0 Å². The van der Waals surface area contributed by atoms with E-state index in [1.807, 2.05) is 20.8 Å². The van der Waals surface area contributed by atoms with E-state index < -0.39 is 0 Å². The molecule has 2 unspecified atom stereocenters. The van der Waals surface area contributed by atoms with Crippen molar-refractivity contribution in [3.05, 3.63) is 16.1 Å². The Kier molecular flexibility index (Phi) is 4.75. The van der Waals surface area contributed by atoms with Gasteiger partial charge in [0.1, 0.15) is 12.1 Å². The number of aryl methyl sites for hydroxylation is 1. The number of carbonyl (C=O) groups excluding carboxylic acids is 2. The highest BCUT2D eigenvalue weighted by atomic mass is 32.1. The van der Waals surface area contributed by atoms with Gasteiger partial charge in [-0.3, -0.25) is 9.59 Å². The summed E-state index contributed by atoms with van der Waals surface area (Å²) in [5, 5.41) is 3.83. The Bertz CT molecular complexity index is 500. The Hall–Kier alpha value is -1.43. The zero-order valence-electron chi connectivity index (χ0n) is 12.2. The third-order valence-corrected chi connectivity index (χ3v) is 4.43. The lowest BCUT2D eigenvalue weighted by atomic mass is 10.0. The molecule has 1 N–H and O–H groups in total. The summed E-state index contributed by atoms with van der Waals surface area (Å²) in [6.45, 7) is 6.37. The van der Waals surface area contributed by atoms with Crippen LogP contribution in [-0.4, -0.2) is 33.8 Å². The van der Waals surface area contributed by atoms with Gasteiger partial charge in [-0.05, 0) is 19.8 Å². The van der Waals surface area contributed by atoms with E-state index in [4.69, 9.17) is 0 Å². The molecule has 2 atom stereocenters. The van der Waals surface area contributed by atoms with Crippen molar-refractivity contribution in [2.45, 2.75) is 58.7 Å². The van der Waals surface area contributed by atoms with Crippen LogP contribution >= 0.6 is 11.3 Å². The average molecular weight is 295 g/mol. The van der Waals surface area contributed by atoms with E-state index in [1.54, 1.807) is 22.4 Å². The monoisotopic (exact) mass is 295 g/mol. The Labute approximate surface area is 123 Å². The molecule has 1 aromatic rings. The standard InChI is InChI=1S/C14H21N3O2S/c1-4-6-11-14(19)17(12(5-2)13(18)16-11)8-10-7-15-9(3)20-10/h7,11-12H,4-6,8H2,1-3H3,(H,16,18). The summed E-state index contributed by atoms with van der Waals surface area (Å²) in [6.07, 6.45) is 4.00. The van der Waals surface area contributed by atoms with E-state index in [9.17, 15) is 9.59 Å². The van der Waals surface area contributed by atoms with E-state index >= 15 is 0 Å². The minimum Gasteiger partial charge on any atom is -0.343 e. The van der Waals surface area contributed by atoms with Crippen molar-refractivity contribution < 1.29 is 9.59 Å². The number of carbonyl (C=O) groups is 2. The van der Waals surface area contributed by atoms with Crippen LogP contribution in [0, 0.1) is 6.92 Å². The average Bonchev–Trinajstić information content (AvgIpc) is 2.81. The summed E-state index contributed by atoms with van der Waals surface area (Å²) in [5.41, 5.74) is 0. The van der Waals surface area contributed by atoms with Gasteiger partial charge in [-0.1, -0.05) is 20.3 Å². The van der Waals surface area contributed by atoms with Gasteiger partial charge in [0.05, 0.1) is 11.6 Å². The maximum Gasteiger partial charge on any atom is 0.246 e. The number of nitrogens with one attached hydrogen (secondary N) is 1. The van der Waals surface area contributed by atoms with E-state index in [1.165, 1.54) is 0 Å². The molecule has 20 heavy (non-hydrogen) atoms. The van der Waals surface area contributed by atoms with Crippen molar-refractivity contribution in [3.63, 3.8) is 0 Å². The van der Waals surface area contributed by atoms with Crippen LogP contribution in [0.1, 0.15) is 43.0 Å². The Morgan fingerprint density at radius 2 is 2.15 bits per heavy atom. The highest BCUT2D eigenvalue weighted by Crippen LogP contribution is 2.21. The van der Waals surface area contributed by atoms with E-state index in [-0.39, 0.29) is 23.9 Å². The molecule has 5 nitrogen and oxygen atoms in total. The van der Waals surface area contributed by atoms with Crippen LogP contribution in [0.5, 0.6) is 0 Å². The lowest BCUT2D eigenvalue weighted by Crippen LogP contribution is -2.62. The molecule has 1 fully saturated rings. The lowest BCUT2D eigenvalue weighted by molar-refractivity contribution is -0.150. The molecule has 2 heterocycles. The number of nitrogens with zero attached hydrogens (tertiary/aromatic N) is 2. The molecule has 0 aromatic carbocycles. The number of piperazine rings is 1. The fourth-order valence-corrected chi connectivity index (χ4v) is 3.34. The summed E-state index contributed by atoms with van der Waals surface area (Å²) >= 11 is 1.58. The first kappa shape index (κ1) is 15.0. The number of amides is 2. The number of hydrogen-bond donors (Lipinski definition) is 1. The van der Waals surface area contributed by atoms with Gasteiger partial charge < -0.3 is 10.2 Å². The summed E-state index contributed by atoms with van der Waals surface area (Å²) in [5.74, 6) is -0.00357. The number of aromatic nitrogens is 1. The van der Waals surface area contributed by atoms with Crippen molar-refractivity contribution in [3.8, 4) is 0 Å². The molecule has 2 rings (SSSR count). The molecule has 0 aliphatic carbocycles. The molecule has 2 amide bonds. The van der Waals surface area contributed by atoms with Crippen LogP contribution in [0.3, 0.4) is 0 Å². The normalized spacial score (nSPS) is 23.1. The molecule has 0 spiro atoms. The first-order valence-corrected chi connectivity index (χ1v) is 7.90. The van der Waals surface area contributed by atoms with E-state index in [2.05, 4.69) is 10.3 Å². The molecular formula is C14H21N3O2S. The molecule has 1 aromatic heterocycles. The maximum absolute atomic E-state index is 12.5. The molecule has 1 aliphatic heterocycles. The Morgan fingerprint density at radius 3 is 2.70 bits per heavy atom. The van der Waals surface area contributed by atoms with Gasteiger partial charge in [-0.15, -0.1) is 11.3 Å². The van der Waals surface area contributed by atoms with Gasteiger partial charge in [-0.2, -0.15) is 0 Å². The third-order valence-electron chi connectivity index (χ3n) is 3.54. The van der Waals surface area contributed by atoms with Gasteiger partial charge in [-0.25, -0.2) is 4.98 Å². The first-order chi connectivity index (χ1) is 9.56. The van der Waals surface area contributed by atoms with Gasteiger partial charge in [0, 0.05) is 11.1 Å². The SMILES string of the molecule is CCCC1NC(=O)C(CC)N(Cc2cnc(C)s2)C1=O. The quantitative estimate of drug-likeness (QED) is 0.902. The molecule has 0 saturated carbocycles. The van der Waals surface area contributed by atoms with E-state index in [0.29, 0.717) is 19.4 Å². The van der Waals surface area contributed by atoms with Crippen LogP contribution < -0.4 is 5.32 Å². The number of thiazole rings is 1. The maximum atomic E-state index is 12.5. The Morgan fingerprint density at radius 1 is 1.40 bits per heavy atom. The fraction of sp³-hybridized carbons (Fsp3) is 0.643. The highest BCUT2D eigenvalue weighted by molar-refractivity contribution is 7.11. The Balaban J connectivity index is 2.19. The predicted octanol–water partition coefficient (Wildman–Crippen LogP) is 1.86. The zero-order chi connectivity index (χ0) is 14.7. The molecule has 110 valence electrons. The van der Waals surface area contributed by atoms with Crippen molar-refractivity contribution in [1.29, 1.82) is 0 Å². The fourth-order valence-electron chi connectivity index (χ4n) is 2.55. The van der Waals surface area contributed by atoms with Crippen molar-refractivity contribution in [2.24, 2.45) is 0 Å². The molecule has 0 radical (unpaired) electrons. The van der Waals surface area contributed by atoms with Crippen molar-refractivity contribution in [1.82, 2.24) is 15.2 Å². The van der Waals surface area contributed by atoms with E-state index in [0.717, 1.165) is 16.3 Å². The molecule has 6 heteroatoms. The molecular weight excluding hydrogens is 274 g/mol. The summed E-state index contributed by atoms with van der Waals surface area (Å²) in [4.78, 5) is 31.6. The minimum absolute atomic E-state index is 0.0318. The van der Waals surface area contributed by atoms with Gasteiger partial charge in [0.15, 0.2) is 0 Å². The van der Waals surface area contributed by atoms with Crippen LogP contribution in [0.25, 0.3) is 0 Å². The first-order valence-electron chi connectivity index (χ1n) is 7.09. The van der Waals surface area contributed by atoms with Gasteiger partial charge in [0.25, 0.3) is 0 Å². The van der Waals surface area contributed by atoms with Gasteiger partial charge >= 0.3 is 0 Å². The lowest BCUT2D eigenvalue weighted by Gasteiger charge is -2.38. The van der Waals surface area contributed by atoms with Crippen molar-refractivity contribution >= 4 is 23.2 Å². The van der Waals surface area contributed by atoms with Crippen LogP contribution in [0.15, 0.2) is 6.20 Å². The topological polar surface area (TPSA) is 62.3 Å². The van der Waals surface area contributed by atoms with Crippen LogP contribution in [0.2, 0.25) is 0 Å². The molecule has 1 saturated heterocycles. The third kappa shape index (κ3) is 3.00. The van der Waals surface area contributed by atoms with Crippen molar-refractivity contribution in [2.75, 3.05) is 0 Å².